The second-order valence-corrected chi connectivity index (χ2v) is 2.58. The summed E-state index contributed by atoms with van der Waals surface area (Å²) in [6.45, 7) is 0.449. The number of nitrogens with one attached hydrogen (secondary N) is 1. The number of methoxy groups -OCH3 is 1. The number of nitrogen functional groups attached to an aromatic ring is 1. The lowest BCUT2D eigenvalue weighted by Gasteiger charge is -2.03. The summed E-state index contributed by atoms with van der Waals surface area (Å²) in [6.07, 6.45) is 3.27. The highest BCUT2D eigenvalue weighted by Crippen LogP contribution is 2.02. The van der Waals surface area contributed by atoms with Crippen molar-refractivity contribution in [3.8, 4) is 0 Å². The monoisotopic (exact) mass is 196 g/mol. The summed E-state index contributed by atoms with van der Waals surface area (Å²) in [4.78, 5) is 18.5. The molecule has 1 rings (SSSR count). The molecule has 0 bridgehead atoms. The molecule has 0 aromatic carbocycles. The van der Waals surface area contributed by atoms with E-state index in [2.05, 4.69) is 20.0 Å². The predicted octanol–water partition coefficient (Wildman–Crippen LogP) is 0.0338. The second-order valence-electron chi connectivity index (χ2n) is 2.58. The van der Waals surface area contributed by atoms with Crippen LogP contribution in [0.1, 0.15) is 6.42 Å². The summed E-state index contributed by atoms with van der Waals surface area (Å²) in [5, 5.41) is 2.90. The number of carbonyl (C=O) groups is 1. The van der Waals surface area contributed by atoms with Gasteiger partial charge < -0.3 is 15.8 Å². The van der Waals surface area contributed by atoms with Crippen molar-refractivity contribution in [3.05, 3.63) is 12.4 Å². The molecule has 0 aliphatic carbocycles. The molecule has 6 heteroatoms. The first kappa shape index (κ1) is 10.2. The molecule has 0 amide bonds. The van der Waals surface area contributed by atoms with Gasteiger partial charge in [0.25, 0.3) is 0 Å². The van der Waals surface area contributed by atoms with Gasteiger partial charge in [-0.2, -0.15) is 0 Å². The van der Waals surface area contributed by atoms with E-state index in [0.29, 0.717) is 18.2 Å². The van der Waals surface area contributed by atoms with Crippen molar-refractivity contribution in [2.24, 2.45) is 0 Å². The molecule has 1 aromatic heterocycles. The Bertz CT molecular complexity index is 316. The summed E-state index contributed by atoms with van der Waals surface area (Å²) >= 11 is 0. The Hall–Kier alpha value is -1.85. The van der Waals surface area contributed by atoms with E-state index >= 15 is 0 Å². The van der Waals surface area contributed by atoms with E-state index in [1.165, 1.54) is 19.5 Å². The van der Waals surface area contributed by atoms with Crippen molar-refractivity contribution >= 4 is 17.6 Å². The van der Waals surface area contributed by atoms with Crippen molar-refractivity contribution in [3.63, 3.8) is 0 Å². The lowest BCUT2D eigenvalue weighted by molar-refractivity contribution is -0.140. The molecule has 6 nitrogen and oxygen atoms in total. The van der Waals surface area contributed by atoms with E-state index in [1.807, 2.05) is 0 Å². The van der Waals surface area contributed by atoms with Gasteiger partial charge in [-0.3, -0.25) is 9.78 Å². The van der Waals surface area contributed by atoms with Crippen LogP contribution in [0.25, 0.3) is 0 Å². The second kappa shape index (κ2) is 5.00. The quantitative estimate of drug-likeness (QED) is 0.660. The first-order valence-corrected chi connectivity index (χ1v) is 4.10. The molecule has 0 saturated carbocycles. The molecule has 1 aromatic rings. The molecular weight excluding hydrogens is 184 g/mol. The van der Waals surface area contributed by atoms with Crippen LogP contribution in [-0.4, -0.2) is 29.6 Å². The zero-order valence-electron chi connectivity index (χ0n) is 7.86. The number of anilines is 2. The molecule has 0 atom stereocenters. The molecule has 0 fully saturated rings. The highest BCUT2D eigenvalue weighted by Gasteiger charge is 2.00. The fraction of sp³-hybridized carbons (Fsp3) is 0.375. The zero-order valence-corrected chi connectivity index (χ0v) is 7.86. The number of nitrogens with zero attached hydrogens (tertiary/aromatic N) is 2. The Balaban J connectivity index is 2.35. The molecule has 0 aliphatic heterocycles. The highest BCUT2D eigenvalue weighted by atomic mass is 16.5. The summed E-state index contributed by atoms with van der Waals surface area (Å²) in [6, 6.07) is 0. The minimum atomic E-state index is -0.269. The third-order valence-corrected chi connectivity index (χ3v) is 1.52. The smallest absolute Gasteiger partial charge is 0.307 e. The van der Waals surface area contributed by atoms with Crippen LogP contribution in [0.5, 0.6) is 0 Å². The van der Waals surface area contributed by atoms with E-state index in [4.69, 9.17) is 5.73 Å². The van der Waals surface area contributed by atoms with Crippen LogP contribution in [0.15, 0.2) is 12.4 Å². The maximum absolute atomic E-state index is 10.7. The fourth-order valence-electron chi connectivity index (χ4n) is 0.861. The summed E-state index contributed by atoms with van der Waals surface area (Å²) in [5.74, 6) is 0.622. The van der Waals surface area contributed by atoms with Gasteiger partial charge in [0, 0.05) is 6.54 Å². The van der Waals surface area contributed by atoms with E-state index in [9.17, 15) is 4.79 Å². The Kier molecular flexibility index (Phi) is 3.66. The summed E-state index contributed by atoms with van der Waals surface area (Å²) in [5.41, 5.74) is 5.41. The standard InChI is InChI=1S/C8H12N4O2/c1-14-8(13)2-3-11-7-5-10-4-6(9)12-7/h4-5H,2-3H2,1H3,(H3,9,11,12). The highest BCUT2D eigenvalue weighted by molar-refractivity contribution is 5.69. The molecule has 3 N–H and O–H groups in total. The van der Waals surface area contributed by atoms with Gasteiger partial charge in [0.1, 0.15) is 11.6 Å². The van der Waals surface area contributed by atoms with Gasteiger partial charge in [-0.15, -0.1) is 0 Å². The van der Waals surface area contributed by atoms with Gasteiger partial charge in [0.2, 0.25) is 0 Å². The van der Waals surface area contributed by atoms with Crippen molar-refractivity contribution in [1.82, 2.24) is 9.97 Å². The minimum Gasteiger partial charge on any atom is -0.469 e. The van der Waals surface area contributed by atoms with Crippen LogP contribution in [-0.2, 0) is 9.53 Å². The van der Waals surface area contributed by atoms with Crippen LogP contribution in [0.2, 0.25) is 0 Å². The molecule has 76 valence electrons. The molecule has 0 aliphatic rings. The average Bonchev–Trinajstić information content (AvgIpc) is 2.17. The maximum Gasteiger partial charge on any atom is 0.307 e. The Morgan fingerprint density at radius 2 is 2.43 bits per heavy atom. The lowest BCUT2D eigenvalue weighted by atomic mass is 10.4. The lowest BCUT2D eigenvalue weighted by Crippen LogP contribution is -2.11. The molecule has 0 spiro atoms. The number of carbonyl (C=O) groups excluding carboxylic acids is 1. The van der Waals surface area contributed by atoms with Crippen LogP contribution in [0.4, 0.5) is 11.6 Å². The van der Waals surface area contributed by atoms with Crippen LogP contribution >= 0.6 is 0 Å². The van der Waals surface area contributed by atoms with Crippen molar-refractivity contribution in [2.75, 3.05) is 24.7 Å². The predicted molar refractivity (Wildman–Crippen MR) is 51.6 cm³/mol. The molecule has 1 heterocycles. The van der Waals surface area contributed by atoms with Crippen molar-refractivity contribution in [2.45, 2.75) is 6.42 Å². The Labute approximate surface area is 81.5 Å². The molecular formula is C8H12N4O2. The molecule has 0 radical (unpaired) electrons. The van der Waals surface area contributed by atoms with Gasteiger partial charge in [0.15, 0.2) is 0 Å². The largest absolute Gasteiger partial charge is 0.469 e. The number of esters is 1. The number of hydrogen-bond acceptors (Lipinski definition) is 6. The number of ether oxygens (including phenoxy) is 1. The first-order chi connectivity index (χ1) is 6.72. The third-order valence-electron chi connectivity index (χ3n) is 1.52. The van der Waals surface area contributed by atoms with E-state index in [-0.39, 0.29) is 12.4 Å². The fourth-order valence-corrected chi connectivity index (χ4v) is 0.861. The average molecular weight is 196 g/mol. The molecule has 0 saturated heterocycles. The molecule has 14 heavy (non-hydrogen) atoms. The number of aromatic nitrogens is 2. The van der Waals surface area contributed by atoms with Crippen LogP contribution in [0.3, 0.4) is 0 Å². The maximum atomic E-state index is 10.7. The van der Waals surface area contributed by atoms with Gasteiger partial charge in [-0.1, -0.05) is 0 Å². The van der Waals surface area contributed by atoms with Gasteiger partial charge >= 0.3 is 5.97 Å². The third kappa shape index (κ3) is 3.26. The van der Waals surface area contributed by atoms with Gasteiger partial charge in [-0.25, -0.2) is 4.98 Å². The van der Waals surface area contributed by atoms with Crippen molar-refractivity contribution in [1.29, 1.82) is 0 Å². The molecule has 0 unspecified atom stereocenters. The SMILES string of the molecule is COC(=O)CCNc1cncc(N)n1. The van der Waals surface area contributed by atoms with Crippen molar-refractivity contribution < 1.29 is 9.53 Å². The van der Waals surface area contributed by atoms with Gasteiger partial charge in [-0.05, 0) is 0 Å². The minimum absolute atomic E-state index is 0.269. The van der Waals surface area contributed by atoms with E-state index < -0.39 is 0 Å². The number of rotatable bonds is 4. The zero-order chi connectivity index (χ0) is 10.4. The van der Waals surface area contributed by atoms with Crippen LogP contribution < -0.4 is 11.1 Å². The normalized spacial score (nSPS) is 9.50. The van der Waals surface area contributed by atoms with Gasteiger partial charge in [0.05, 0.1) is 25.9 Å². The topological polar surface area (TPSA) is 90.1 Å². The van der Waals surface area contributed by atoms with E-state index in [1.54, 1.807) is 0 Å². The Morgan fingerprint density at radius 3 is 3.07 bits per heavy atom. The first-order valence-electron chi connectivity index (χ1n) is 4.10. The summed E-state index contributed by atoms with van der Waals surface area (Å²) < 4.78 is 4.47. The number of nitrogens with two attached hydrogens (primary N) is 1. The van der Waals surface area contributed by atoms with Crippen LogP contribution in [0, 0.1) is 0 Å². The van der Waals surface area contributed by atoms with E-state index in [0.717, 1.165) is 0 Å². The summed E-state index contributed by atoms with van der Waals surface area (Å²) in [7, 11) is 1.35. The number of hydrogen-bond donors (Lipinski definition) is 2. The Morgan fingerprint density at radius 1 is 1.64 bits per heavy atom.